The van der Waals surface area contributed by atoms with Crippen LogP contribution in [0.5, 0.6) is 0 Å². The summed E-state index contributed by atoms with van der Waals surface area (Å²) in [6, 6.07) is 4.83. The summed E-state index contributed by atoms with van der Waals surface area (Å²) in [6.45, 7) is 1.73. The summed E-state index contributed by atoms with van der Waals surface area (Å²) >= 11 is 0. The summed E-state index contributed by atoms with van der Waals surface area (Å²) in [6.07, 6.45) is -1.59. The Labute approximate surface area is 88.8 Å². The molecule has 6 heteroatoms. The van der Waals surface area contributed by atoms with Gasteiger partial charge in [-0.1, -0.05) is 12.1 Å². The van der Waals surface area contributed by atoms with Gasteiger partial charge in [0.1, 0.15) is 0 Å². The minimum atomic E-state index is -1.59. The maximum Gasteiger partial charge on any atom is 0.422 e. The molecule has 0 fully saturated rings. The number of fused-ring (bicyclic) bond motifs is 1. The molecule has 0 atom stereocenters. The molecule has 1 heterocycles. The Morgan fingerprint density at radius 2 is 2.06 bits per heavy atom. The minimum absolute atomic E-state index is 0.155. The van der Waals surface area contributed by atoms with E-state index >= 15 is 0 Å². The quantitative estimate of drug-likeness (QED) is 0.677. The first-order chi connectivity index (χ1) is 7.52. The monoisotopic (exact) mass is 220 g/mol. The van der Waals surface area contributed by atoms with E-state index in [1.807, 2.05) is 0 Å². The highest BCUT2D eigenvalue weighted by atomic mass is 16.4. The van der Waals surface area contributed by atoms with E-state index in [1.54, 1.807) is 19.1 Å². The highest BCUT2D eigenvalue weighted by Gasteiger charge is 2.13. The molecule has 0 aliphatic rings. The summed E-state index contributed by atoms with van der Waals surface area (Å²) in [7, 11) is 0. The first-order valence-corrected chi connectivity index (χ1v) is 4.50. The second-order valence-corrected chi connectivity index (χ2v) is 3.35. The van der Waals surface area contributed by atoms with Crippen molar-refractivity contribution in [3.05, 3.63) is 44.6 Å². The van der Waals surface area contributed by atoms with Gasteiger partial charge in [0.05, 0.1) is 10.9 Å². The van der Waals surface area contributed by atoms with E-state index in [9.17, 15) is 14.4 Å². The van der Waals surface area contributed by atoms with E-state index in [2.05, 4.69) is 4.98 Å². The topological polar surface area (TPSA) is 92.2 Å². The number of carbonyl (C=O) groups is 1. The van der Waals surface area contributed by atoms with E-state index in [1.165, 1.54) is 6.07 Å². The molecule has 0 saturated carbocycles. The third kappa shape index (κ3) is 1.31. The van der Waals surface area contributed by atoms with Crippen LogP contribution in [0.25, 0.3) is 10.9 Å². The van der Waals surface area contributed by atoms with Crippen LogP contribution < -0.4 is 11.2 Å². The van der Waals surface area contributed by atoms with Crippen LogP contribution in [0.2, 0.25) is 0 Å². The van der Waals surface area contributed by atoms with Gasteiger partial charge in [-0.05, 0) is 18.6 Å². The highest BCUT2D eigenvalue weighted by Crippen LogP contribution is 2.09. The van der Waals surface area contributed by atoms with Crippen LogP contribution >= 0.6 is 0 Å². The van der Waals surface area contributed by atoms with Gasteiger partial charge in [-0.2, -0.15) is 4.57 Å². The third-order valence-electron chi connectivity index (χ3n) is 2.33. The summed E-state index contributed by atoms with van der Waals surface area (Å²) < 4.78 is 0.155. The molecule has 0 radical (unpaired) electrons. The number of nitrogens with zero attached hydrogens (tertiary/aromatic N) is 1. The lowest BCUT2D eigenvalue weighted by Gasteiger charge is -2.03. The van der Waals surface area contributed by atoms with Gasteiger partial charge in [-0.15, -0.1) is 0 Å². The summed E-state index contributed by atoms with van der Waals surface area (Å²) in [4.78, 5) is 36.2. The maximum absolute atomic E-state index is 11.7. The third-order valence-corrected chi connectivity index (χ3v) is 2.33. The van der Waals surface area contributed by atoms with Crippen LogP contribution in [0.1, 0.15) is 5.56 Å². The Kier molecular flexibility index (Phi) is 2.12. The molecule has 0 bridgehead atoms. The molecule has 2 N–H and O–H groups in total. The number of para-hydroxylation sites is 1. The molecular formula is C10H8N2O4. The number of benzene rings is 1. The lowest BCUT2D eigenvalue weighted by Crippen LogP contribution is -2.39. The lowest BCUT2D eigenvalue weighted by atomic mass is 10.1. The SMILES string of the molecule is Cc1cccc2c(=O)n(C(=O)O)c(=O)[nH]c12. The van der Waals surface area contributed by atoms with Crippen molar-refractivity contribution in [3.63, 3.8) is 0 Å². The van der Waals surface area contributed by atoms with Crippen molar-refractivity contribution >= 4 is 17.0 Å². The van der Waals surface area contributed by atoms with Crippen LogP contribution in [0.4, 0.5) is 4.79 Å². The number of rotatable bonds is 0. The first kappa shape index (κ1) is 10.2. The fourth-order valence-electron chi connectivity index (χ4n) is 1.56. The average molecular weight is 220 g/mol. The van der Waals surface area contributed by atoms with Gasteiger partial charge in [0.2, 0.25) is 0 Å². The minimum Gasteiger partial charge on any atom is -0.464 e. The van der Waals surface area contributed by atoms with Crippen molar-refractivity contribution in [1.29, 1.82) is 0 Å². The van der Waals surface area contributed by atoms with E-state index in [-0.39, 0.29) is 9.95 Å². The van der Waals surface area contributed by atoms with Crippen LogP contribution in [0.15, 0.2) is 27.8 Å². The number of hydrogen-bond acceptors (Lipinski definition) is 3. The predicted octanol–water partition coefficient (Wildman–Crippen LogP) is 0.524. The fraction of sp³-hybridized carbons (Fsp3) is 0.100. The predicted molar refractivity (Wildman–Crippen MR) is 57.0 cm³/mol. The Hall–Kier alpha value is -2.37. The molecule has 0 aliphatic carbocycles. The smallest absolute Gasteiger partial charge is 0.422 e. The van der Waals surface area contributed by atoms with Crippen LogP contribution in [0.3, 0.4) is 0 Å². The number of aryl methyl sites for hydroxylation is 1. The zero-order valence-electron chi connectivity index (χ0n) is 8.35. The molecule has 0 saturated heterocycles. The maximum atomic E-state index is 11.7. The number of aromatic amines is 1. The van der Waals surface area contributed by atoms with Gasteiger partial charge >= 0.3 is 11.8 Å². The van der Waals surface area contributed by atoms with E-state index in [0.717, 1.165) is 0 Å². The van der Waals surface area contributed by atoms with Gasteiger partial charge in [0.15, 0.2) is 0 Å². The highest BCUT2D eigenvalue weighted by molar-refractivity contribution is 5.82. The number of carboxylic acid groups (broad SMARTS) is 1. The van der Waals surface area contributed by atoms with Crippen molar-refractivity contribution < 1.29 is 9.90 Å². The Bertz CT molecular complexity index is 696. The molecule has 1 aromatic heterocycles. The number of nitrogens with one attached hydrogen (secondary N) is 1. The Balaban J connectivity index is 3.07. The van der Waals surface area contributed by atoms with Crippen LogP contribution in [0, 0.1) is 6.92 Å². The molecule has 82 valence electrons. The van der Waals surface area contributed by atoms with Gasteiger partial charge < -0.3 is 10.1 Å². The molecule has 6 nitrogen and oxygen atoms in total. The zero-order chi connectivity index (χ0) is 11.9. The number of aromatic nitrogens is 2. The van der Waals surface area contributed by atoms with Crippen LogP contribution in [-0.4, -0.2) is 20.8 Å². The molecule has 0 aliphatic heterocycles. The standard InChI is InChI=1S/C10H8N2O4/c1-5-3-2-4-6-7(5)11-9(14)12(8(6)13)10(15)16/h2-4H,1H3,(H,11,14)(H,15,16). The molecule has 1 aromatic carbocycles. The molecule has 0 spiro atoms. The largest absolute Gasteiger partial charge is 0.464 e. The van der Waals surface area contributed by atoms with Crippen molar-refractivity contribution in [3.8, 4) is 0 Å². The van der Waals surface area contributed by atoms with E-state index < -0.39 is 17.3 Å². The Morgan fingerprint density at radius 1 is 1.38 bits per heavy atom. The number of H-pyrrole nitrogens is 1. The molecular weight excluding hydrogens is 212 g/mol. The van der Waals surface area contributed by atoms with E-state index in [0.29, 0.717) is 11.1 Å². The number of hydrogen-bond donors (Lipinski definition) is 2. The Morgan fingerprint density at radius 3 is 2.69 bits per heavy atom. The molecule has 0 amide bonds. The lowest BCUT2D eigenvalue weighted by molar-refractivity contribution is 0.194. The molecule has 2 aromatic rings. The molecule has 2 rings (SSSR count). The summed E-state index contributed by atoms with van der Waals surface area (Å²) in [5, 5.41) is 8.90. The molecule has 0 unspecified atom stereocenters. The van der Waals surface area contributed by atoms with Crippen molar-refractivity contribution in [1.82, 2.24) is 9.55 Å². The summed E-state index contributed by atoms with van der Waals surface area (Å²) in [5.41, 5.74) is -0.687. The second-order valence-electron chi connectivity index (χ2n) is 3.35. The van der Waals surface area contributed by atoms with E-state index in [4.69, 9.17) is 5.11 Å². The second kappa shape index (κ2) is 3.34. The first-order valence-electron chi connectivity index (χ1n) is 4.50. The fourth-order valence-corrected chi connectivity index (χ4v) is 1.56. The van der Waals surface area contributed by atoms with Crippen LogP contribution in [-0.2, 0) is 0 Å². The van der Waals surface area contributed by atoms with Crippen molar-refractivity contribution in [2.45, 2.75) is 6.92 Å². The van der Waals surface area contributed by atoms with Gasteiger partial charge in [-0.3, -0.25) is 4.79 Å². The normalized spacial score (nSPS) is 10.6. The van der Waals surface area contributed by atoms with Crippen molar-refractivity contribution in [2.75, 3.05) is 0 Å². The van der Waals surface area contributed by atoms with Gasteiger partial charge in [0, 0.05) is 0 Å². The average Bonchev–Trinajstić information content (AvgIpc) is 2.19. The summed E-state index contributed by atoms with van der Waals surface area (Å²) in [5.74, 6) is 0. The zero-order valence-corrected chi connectivity index (χ0v) is 8.35. The van der Waals surface area contributed by atoms with Crippen molar-refractivity contribution in [2.24, 2.45) is 0 Å². The molecule has 16 heavy (non-hydrogen) atoms. The van der Waals surface area contributed by atoms with Gasteiger partial charge in [0.25, 0.3) is 5.56 Å². The van der Waals surface area contributed by atoms with Gasteiger partial charge in [-0.25, -0.2) is 9.59 Å².